The van der Waals surface area contributed by atoms with Crippen LogP contribution in [0.1, 0.15) is 48.8 Å². The van der Waals surface area contributed by atoms with Crippen molar-refractivity contribution in [3.05, 3.63) is 33.3 Å². The summed E-state index contributed by atoms with van der Waals surface area (Å²) >= 11 is 10.1. The topological polar surface area (TPSA) is 0 Å². The molecule has 1 aromatic rings. The summed E-state index contributed by atoms with van der Waals surface area (Å²) in [5.74, 6) is 0.533. The Balaban J connectivity index is 2.99. The second kappa shape index (κ2) is 6.07. The van der Waals surface area contributed by atoms with Crippen LogP contribution in [0.15, 0.2) is 16.6 Å². The van der Waals surface area contributed by atoms with Gasteiger partial charge < -0.3 is 0 Å². The van der Waals surface area contributed by atoms with Crippen LogP contribution in [0.5, 0.6) is 0 Å². The van der Waals surface area contributed by atoms with Crippen LogP contribution in [0, 0.1) is 19.8 Å². The van der Waals surface area contributed by atoms with Crippen LogP contribution in [0.2, 0.25) is 0 Å². The van der Waals surface area contributed by atoms with E-state index in [4.69, 9.17) is 11.6 Å². The molecular weight excluding hydrogens is 284 g/mol. The summed E-state index contributed by atoms with van der Waals surface area (Å²) in [6.07, 6.45) is 2.38. The number of benzene rings is 1. The monoisotopic (exact) mass is 302 g/mol. The van der Waals surface area contributed by atoms with Crippen molar-refractivity contribution in [2.75, 3.05) is 0 Å². The third-order valence-corrected chi connectivity index (χ3v) is 4.61. The highest BCUT2D eigenvalue weighted by Gasteiger charge is 2.18. The lowest BCUT2D eigenvalue weighted by Gasteiger charge is -2.20. The van der Waals surface area contributed by atoms with Gasteiger partial charge in [-0.3, -0.25) is 0 Å². The van der Waals surface area contributed by atoms with Crippen molar-refractivity contribution in [3.8, 4) is 0 Å². The summed E-state index contributed by atoms with van der Waals surface area (Å²) in [7, 11) is 0. The van der Waals surface area contributed by atoms with Gasteiger partial charge in [-0.1, -0.05) is 42.3 Å². The van der Waals surface area contributed by atoms with Gasteiger partial charge in [-0.15, -0.1) is 11.6 Å². The van der Waals surface area contributed by atoms with E-state index in [1.807, 2.05) is 0 Å². The highest BCUT2D eigenvalue weighted by Crippen LogP contribution is 2.35. The van der Waals surface area contributed by atoms with Crippen LogP contribution >= 0.6 is 27.5 Å². The number of aryl methyl sites for hydroxylation is 2. The molecule has 2 atom stereocenters. The molecule has 1 aromatic carbocycles. The summed E-state index contributed by atoms with van der Waals surface area (Å²) in [5, 5.41) is 0.131. The van der Waals surface area contributed by atoms with E-state index in [1.54, 1.807) is 0 Å². The largest absolute Gasteiger partial charge is 0.118 e. The fourth-order valence-corrected chi connectivity index (χ4v) is 2.83. The Hall–Kier alpha value is -0.0100. The van der Waals surface area contributed by atoms with Gasteiger partial charge in [0, 0.05) is 4.47 Å². The Kier molecular flexibility index (Phi) is 5.33. The number of halogens is 2. The van der Waals surface area contributed by atoms with Crippen LogP contribution in [0.3, 0.4) is 0 Å². The molecule has 1 rings (SSSR count). The lowest BCUT2D eigenvalue weighted by Crippen LogP contribution is -2.06. The molecule has 0 N–H and O–H groups in total. The van der Waals surface area contributed by atoms with Gasteiger partial charge >= 0.3 is 0 Å². The summed E-state index contributed by atoms with van der Waals surface area (Å²) in [6.45, 7) is 8.69. The zero-order chi connectivity index (χ0) is 12.3. The fourth-order valence-electron chi connectivity index (χ4n) is 2.01. The number of alkyl halides is 1. The Labute approximate surface area is 113 Å². The highest BCUT2D eigenvalue weighted by molar-refractivity contribution is 9.10. The first-order valence-corrected chi connectivity index (χ1v) is 7.11. The van der Waals surface area contributed by atoms with Crippen LogP contribution in [-0.4, -0.2) is 0 Å². The van der Waals surface area contributed by atoms with E-state index in [1.165, 1.54) is 34.0 Å². The van der Waals surface area contributed by atoms with Crippen LogP contribution in [0.4, 0.5) is 0 Å². The normalized spacial score (nSPS) is 14.9. The summed E-state index contributed by atoms with van der Waals surface area (Å²) in [5.41, 5.74) is 3.82. The summed E-state index contributed by atoms with van der Waals surface area (Å²) in [6, 6.07) is 4.38. The summed E-state index contributed by atoms with van der Waals surface area (Å²) in [4.78, 5) is 0. The molecule has 0 aromatic heterocycles. The van der Waals surface area contributed by atoms with Crippen molar-refractivity contribution in [1.29, 1.82) is 0 Å². The quantitative estimate of drug-likeness (QED) is 0.618. The van der Waals surface area contributed by atoms with Gasteiger partial charge in [-0.25, -0.2) is 0 Å². The smallest absolute Gasteiger partial charge is 0.0613 e. The molecule has 0 amide bonds. The molecule has 16 heavy (non-hydrogen) atoms. The molecule has 0 saturated heterocycles. The Morgan fingerprint density at radius 1 is 1.25 bits per heavy atom. The van der Waals surface area contributed by atoms with E-state index >= 15 is 0 Å². The van der Waals surface area contributed by atoms with Gasteiger partial charge in [-0.05, 0) is 48.9 Å². The third kappa shape index (κ3) is 3.24. The molecule has 0 aliphatic rings. The molecule has 0 heterocycles. The van der Waals surface area contributed by atoms with Gasteiger partial charge in [0.25, 0.3) is 0 Å². The average molecular weight is 304 g/mol. The summed E-state index contributed by atoms with van der Waals surface area (Å²) < 4.78 is 1.17. The third-order valence-electron chi connectivity index (χ3n) is 3.09. The van der Waals surface area contributed by atoms with E-state index in [9.17, 15) is 0 Å². The highest BCUT2D eigenvalue weighted by atomic mass is 79.9. The zero-order valence-electron chi connectivity index (χ0n) is 10.5. The minimum absolute atomic E-state index is 0.131. The Bertz CT molecular complexity index is 360. The molecular formula is C14H20BrCl. The molecule has 0 saturated carbocycles. The molecule has 0 bridgehead atoms. The number of hydrogen-bond acceptors (Lipinski definition) is 0. The standard InChI is InChI=1S/C14H20BrCl/c1-5-6-9(2)14(16)12-7-11(4)13(15)8-10(12)3/h7-9,14H,5-6H2,1-4H3. The Morgan fingerprint density at radius 3 is 2.44 bits per heavy atom. The first-order chi connectivity index (χ1) is 7.47. The maximum atomic E-state index is 6.55. The van der Waals surface area contributed by atoms with E-state index in [0.717, 1.165) is 0 Å². The fraction of sp³-hybridized carbons (Fsp3) is 0.571. The molecule has 0 aliphatic carbocycles. The lowest BCUT2D eigenvalue weighted by molar-refractivity contribution is 0.506. The van der Waals surface area contributed by atoms with Crippen molar-refractivity contribution < 1.29 is 0 Å². The van der Waals surface area contributed by atoms with Crippen molar-refractivity contribution >= 4 is 27.5 Å². The average Bonchev–Trinajstić information content (AvgIpc) is 2.23. The predicted molar refractivity (Wildman–Crippen MR) is 76.3 cm³/mol. The van der Waals surface area contributed by atoms with Crippen LogP contribution in [-0.2, 0) is 0 Å². The molecule has 2 heteroatoms. The molecule has 0 fully saturated rings. The van der Waals surface area contributed by atoms with Gasteiger partial charge in [0.05, 0.1) is 5.38 Å². The van der Waals surface area contributed by atoms with E-state index in [-0.39, 0.29) is 5.38 Å². The second-order valence-electron chi connectivity index (χ2n) is 4.63. The first-order valence-electron chi connectivity index (χ1n) is 5.88. The van der Waals surface area contributed by atoms with E-state index < -0.39 is 0 Å². The molecule has 0 spiro atoms. The van der Waals surface area contributed by atoms with Gasteiger partial charge in [0.1, 0.15) is 0 Å². The minimum atomic E-state index is 0.131. The maximum Gasteiger partial charge on any atom is 0.0613 e. The number of hydrogen-bond donors (Lipinski definition) is 0. The number of rotatable bonds is 4. The van der Waals surface area contributed by atoms with Crippen LogP contribution in [0.25, 0.3) is 0 Å². The maximum absolute atomic E-state index is 6.55. The van der Waals surface area contributed by atoms with Crippen molar-refractivity contribution in [2.45, 2.75) is 45.9 Å². The molecule has 2 unspecified atom stereocenters. The van der Waals surface area contributed by atoms with Crippen molar-refractivity contribution in [1.82, 2.24) is 0 Å². The SMILES string of the molecule is CCCC(C)C(Cl)c1cc(C)c(Br)cc1C. The van der Waals surface area contributed by atoms with E-state index in [0.29, 0.717) is 5.92 Å². The second-order valence-corrected chi connectivity index (χ2v) is 5.95. The van der Waals surface area contributed by atoms with Gasteiger partial charge in [0.15, 0.2) is 0 Å². The van der Waals surface area contributed by atoms with Gasteiger partial charge in [-0.2, -0.15) is 0 Å². The Morgan fingerprint density at radius 2 is 1.88 bits per heavy atom. The lowest BCUT2D eigenvalue weighted by atomic mass is 9.92. The molecule has 0 aliphatic heterocycles. The van der Waals surface area contributed by atoms with E-state index in [2.05, 4.69) is 55.8 Å². The van der Waals surface area contributed by atoms with Gasteiger partial charge in [0.2, 0.25) is 0 Å². The van der Waals surface area contributed by atoms with Crippen LogP contribution < -0.4 is 0 Å². The minimum Gasteiger partial charge on any atom is -0.118 e. The molecule has 0 nitrogen and oxygen atoms in total. The molecule has 0 radical (unpaired) electrons. The molecule has 90 valence electrons. The van der Waals surface area contributed by atoms with Crippen molar-refractivity contribution in [2.24, 2.45) is 5.92 Å². The first kappa shape index (κ1) is 14.1. The predicted octanol–water partition coefficient (Wildman–Crippen LogP) is 5.78. The van der Waals surface area contributed by atoms with Crippen molar-refractivity contribution in [3.63, 3.8) is 0 Å². The zero-order valence-corrected chi connectivity index (χ0v) is 12.8.